The largest absolute Gasteiger partial charge is 0.396 e. The Balaban J connectivity index is 2.16. The first-order valence-electron chi connectivity index (χ1n) is 5.24. The normalized spacial score (nSPS) is 26.2. The molecule has 1 saturated heterocycles. The smallest absolute Gasteiger partial charge is 0.187 e. The molecular weight excluding hydrogens is 232 g/mol. The van der Waals surface area contributed by atoms with Crippen molar-refractivity contribution in [2.75, 3.05) is 18.1 Å². The Morgan fingerprint density at radius 3 is 3.07 bits per heavy atom. The van der Waals surface area contributed by atoms with E-state index in [-0.39, 0.29) is 6.61 Å². The van der Waals surface area contributed by atoms with Gasteiger partial charge in [0.15, 0.2) is 5.13 Å². The molecule has 0 spiro atoms. The zero-order valence-electron chi connectivity index (χ0n) is 8.69. The highest BCUT2D eigenvalue weighted by Gasteiger charge is 2.33. The summed E-state index contributed by atoms with van der Waals surface area (Å²) < 4.78 is 0. The molecule has 0 bridgehead atoms. The molecule has 0 aromatic carbocycles. The van der Waals surface area contributed by atoms with Crippen molar-refractivity contribution in [1.82, 2.24) is 4.98 Å². The van der Waals surface area contributed by atoms with Crippen LogP contribution in [0.3, 0.4) is 0 Å². The van der Waals surface area contributed by atoms with E-state index in [4.69, 9.17) is 11.6 Å². The Labute approximate surface area is 98.7 Å². The van der Waals surface area contributed by atoms with Gasteiger partial charge < -0.3 is 10.0 Å². The maximum atomic E-state index is 9.27. The van der Waals surface area contributed by atoms with Crippen LogP contribution in [-0.2, 0) is 0 Å². The Morgan fingerprint density at radius 2 is 2.53 bits per heavy atom. The standard InChI is InChI=1S/C10H15ClN2OS/c1-2-8-7(5-14)3-4-13(8)10-12-9(11)6-15-10/h6-8,14H,2-5H2,1H3. The van der Waals surface area contributed by atoms with E-state index in [0.29, 0.717) is 17.1 Å². The first-order chi connectivity index (χ1) is 7.26. The zero-order chi connectivity index (χ0) is 10.8. The molecule has 5 heteroatoms. The zero-order valence-corrected chi connectivity index (χ0v) is 10.3. The number of aromatic nitrogens is 1. The van der Waals surface area contributed by atoms with Crippen LogP contribution in [0.4, 0.5) is 5.13 Å². The highest BCUT2D eigenvalue weighted by atomic mass is 35.5. The van der Waals surface area contributed by atoms with Gasteiger partial charge >= 0.3 is 0 Å². The van der Waals surface area contributed by atoms with E-state index in [1.165, 1.54) is 0 Å². The number of aliphatic hydroxyl groups excluding tert-OH is 1. The molecule has 1 N–H and O–H groups in total. The maximum absolute atomic E-state index is 9.27. The second-order valence-electron chi connectivity index (χ2n) is 3.85. The fourth-order valence-corrected chi connectivity index (χ4v) is 3.33. The molecule has 1 aromatic rings. The van der Waals surface area contributed by atoms with Crippen molar-refractivity contribution in [2.24, 2.45) is 5.92 Å². The van der Waals surface area contributed by atoms with Gasteiger partial charge in [0.2, 0.25) is 0 Å². The van der Waals surface area contributed by atoms with Crippen LogP contribution in [0.15, 0.2) is 5.38 Å². The number of thiazole rings is 1. The van der Waals surface area contributed by atoms with E-state index < -0.39 is 0 Å². The van der Waals surface area contributed by atoms with Gasteiger partial charge in [0.05, 0.1) is 0 Å². The van der Waals surface area contributed by atoms with Crippen molar-refractivity contribution < 1.29 is 5.11 Å². The number of hydrogen-bond acceptors (Lipinski definition) is 4. The maximum Gasteiger partial charge on any atom is 0.187 e. The van der Waals surface area contributed by atoms with Gasteiger partial charge in [0.25, 0.3) is 0 Å². The number of nitrogens with zero attached hydrogens (tertiary/aromatic N) is 2. The number of halogens is 1. The van der Waals surface area contributed by atoms with Crippen LogP contribution in [0, 0.1) is 5.92 Å². The molecule has 3 nitrogen and oxygen atoms in total. The Kier molecular flexibility index (Phi) is 3.49. The second-order valence-corrected chi connectivity index (χ2v) is 5.08. The summed E-state index contributed by atoms with van der Waals surface area (Å²) in [6, 6.07) is 0.414. The SMILES string of the molecule is CCC1C(CO)CCN1c1nc(Cl)cs1. The topological polar surface area (TPSA) is 36.4 Å². The minimum Gasteiger partial charge on any atom is -0.396 e. The van der Waals surface area contributed by atoms with Gasteiger partial charge in [0.1, 0.15) is 5.15 Å². The van der Waals surface area contributed by atoms with Crippen LogP contribution in [0.5, 0.6) is 0 Å². The Bertz CT molecular complexity index is 331. The molecule has 2 unspecified atom stereocenters. The molecule has 0 saturated carbocycles. The van der Waals surface area contributed by atoms with E-state index >= 15 is 0 Å². The molecule has 1 aliphatic rings. The van der Waals surface area contributed by atoms with Crippen LogP contribution in [0.25, 0.3) is 0 Å². The van der Waals surface area contributed by atoms with Crippen molar-refractivity contribution in [2.45, 2.75) is 25.8 Å². The summed E-state index contributed by atoms with van der Waals surface area (Å²) >= 11 is 7.40. The third kappa shape index (κ3) is 2.12. The summed E-state index contributed by atoms with van der Waals surface area (Å²) in [5.74, 6) is 0.387. The lowest BCUT2D eigenvalue weighted by atomic mass is 10.00. The van der Waals surface area contributed by atoms with Gasteiger partial charge in [-0.25, -0.2) is 4.98 Å². The van der Waals surface area contributed by atoms with E-state index in [0.717, 1.165) is 24.5 Å². The summed E-state index contributed by atoms with van der Waals surface area (Å²) in [6.45, 7) is 3.41. The summed E-state index contributed by atoms with van der Waals surface area (Å²) in [5.41, 5.74) is 0. The van der Waals surface area contributed by atoms with Crippen molar-refractivity contribution >= 4 is 28.1 Å². The average molecular weight is 247 g/mol. The predicted octanol–water partition coefficient (Wildman–Crippen LogP) is 2.39. The Hall–Kier alpha value is -0.320. The molecule has 1 fully saturated rings. The molecule has 2 heterocycles. The first kappa shape index (κ1) is 11.2. The van der Waals surface area contributed by atoms with Crippen molar-refractivity contribution in [3.05, 3.63) is 10.5 Å². The minimum absolute atomic E-state index is 0.272. The Morgan fingerprint density at radius 1 is 1.73 bits per heavy atom. The molecule has 0 radical (unpaired) electrons. The number of hydrogen-bond donors (Lipinski definition) is 1. The molecule has 1 aromatic heterocycles. The van der Waals surface area contributed by atoms with Crippen LogP contribution in [0.2, 0.25) is 5.15 Å². The van der Waals surface area contributed by atoms with Crippen molar-refractivity contribution in [3.63, 3.8) is 0 Å². The van der Waals surface area contributed by atoms with Gasteiger partial charge in [-0.3, -0.25) is 0 Å². The summed E-state index contributed by atoms with van der Waals surface area (Å²) in [5, 5.41) is 12.7. The van der Waals surface area contributed by atoms with Gasteiger partial charge in [-0.2, -0.15) is 0 Å². The average Bonchev–Trinajstić information content (AvgIpc) is 2.82. The molecule has 0 amide bonds. The molecular formula is C10H15ClN2OS. The van der Waals surface area contributed by atoms with Crippen LogP contribution < -0.4 is 4.90 Å². The second kappa shape index (κ2) is 4.68. The quantitative estimate of drug-likeness (QED) is 0.890. The molecule has 0 aliphatic carbocycles. The monoisotopic (exact) mass is 246 g/mol. The third-order valence-corrected chi connectivity index (χ3v) is 4.25. The molecule has 2 atom stereocenters. The van der Waals surface area contributed by atoms with E-state index in [1.54, 1.807) is 11.3 Å². The lowest BCUT2D eigenvalue weighted by molar-refractivity contribution is 0.216. The van der Waals surface area contributed by atoms with Gasteiger partial charge in [0, 0.05) is 30.5 Å². The summed E-state index contributed by atoms with van der Waals surface area (Å²) in [4.78, 5) is 6.56. The highest BCUT2D eigenvalue weighted by Crippen LogP contribution is 2.34. The molecule has 15 heavy (non-hydrogen) atoms. The summed E-state index contributed by atoms with van der Waals surface area (Å²) in [6.07, 6.45) is 2.09. The lowest BCUT2D eigenvalue weighted by Crippen LogP contribution is -2.33. The first-order valence-corrected chi connectivity index (χ1v) is 6.50. The molecule has 84 valence electrons. The molecule has 2 rings (SSSR count). The fraction of sp³-hybridized carbons (Fsp3) is 0.700. The van der Waals surface area contributed by atoms with E-state index in [9.17, 15) is 5.11 Å². The third-order valence-electron chi connectivity index (χ3n) is 3.05. The van der Waals surface area contributed by atoms with Gasteiger partial charge in [-0.1, -0.05) is 18.5 Å². The van der Waals surface area contributed by atoms with Gasteiger partial charge in [-0.05, 0) is 12.8 Å². The van der Waals surface area contributed by atoms with Crippen LogP contribution in [-0.4, -0.2) is 29.3 Å². The predicted molar refractivity (Wildman–Crippen MR) is 63.7 cm³/mol. The van der Waals surface area contributed by atoms with E-state index in [2.05, 4.69) is 16.8 Å². The number of aliphatic hydroxyl groups is 1. The highest BCUT2D eigenvalue weighted by molar-refractivity contribution is 7.14. The van der Waals surface area contributed by atoms with E-state index in [1.807, 2.05) is 5.38 Å². The van der Waals surface area contributed by atoms with Crippen LogP contribution >= 0.6 is 22.9 Å². The minimum atomic E-state index is 0.272. The number of rotatable bonds is 3. The lowest BCUT2D eigenvalue weighted by Gasteiger charge is -2.25. The van der Waals surface area contributed by atoms with Gasteiger partial charge in [-0.15, -0.1) is 11.3 Å². The van der Waals surface area contributed by atoms with Crippen molar-refractivity contribution in [1.29, 1.82) is 0 Å². The van der Waals surface area contributed by atoms with Crippen molar-refractivity contribution in [3.8, 4) is 0 Å². The van der Waals surface area contributed by atoms with Crippen LogP contribution in [0.1, 0.15) is 19.8 Å². The summed E-state index contributed by atoms with van der Waals surface area (Å²) in [7, 11) is 0. The fourth-order valence-electron chi connectivity index (χ4n) is 2.30. The number of anilines is 1. The molecule has 1 aliphatic heterocycles.